The Morgan fingerprint density at radius 2 is 2.29 bits per heavy atom. The standard InChI is InChI=1S/C10H16BrNOS/c1-7(2)13-5-9(12-3)8-4-10(11)14-6-8/h4,6-7,9,12H,5H2,1-3H3. The fraction of sp³-hybridized carbons (Fsp3) is 0.600. The molecule has 1 heterocycles. The highest BCUT2D eigenvalue weighted by molar-refractivity contribution is 9.11. The predicted octanol–water partition coefficient (Wildman–Crippen LogP) is 3.20. The van der Waals surface area contributed by atoms with Gasteiger partial charge in [0.15, 0.2) is 0 Å². The van der Waals surface area contributed by atoms with Gasteiger partial charge >= 0.3 is 0 Å². The van der Waals surface area contributed by atoms with Gasteiger partial charge in [0, 0.05) is 0 Å². The van der Waals surface area contributed by atoms with E-state index in [2.05, 4.69) is 46.5 Å². The lowest BCUT2D eigenvalue weighted by Gasteiger charge is -2.16. The van der Waals surface area contributed by atoms with Crippen molar-refractivity contribution in [3.05, 3.63) is 20.8 Å². The molecule has 0 spiro atoms. The highest BCUT2D eigenvalue weighted by atomic mass is 79.9. The Kier molecular flexibility index (Phi) is 5.09. The lowest BCUT2D eigenvalue weighted by molar-refractivity contribution is 0.0627. The third-order valence-electron chi connectivity index (χ3n) is 1.93. The van der Waals surface area contributed by atoms with E-state index in [1.165, 1.54) is 5.56 Å². The molecule has 1 unspecified atom stereocenters. The molecule has 80 valence electrons. The van der Waals surface area contributed by atoms with Crippen molar-refractivity contribution in [3.63, 3.8) is 0 Å². The average Bonchev–Trinajstić information content (AvgIpc) is 2.53. The molecule has 1 rings (SSSR count). The van der Waals surface area contributed by atoms with Gasteiger partial charge in [-0.15, -0.1) is 11.3 Å². The Balaban J connectivity index is 2.54. The minimum absolute atomic E-state index is 0.285. The second-order valence-corrected chi connectivity index (χ2v) is 5.70. The van der Waals surface area contributed by atoms with Crippen molar-refractivity contribution in [1.29, 1.82) is 0 Å². The van der Waals surface area contributed by atoms with E-state index in [0.717, 1.165) is 10.4 Å². The van der Waals surface area contributed by atoms with Crippen LogP contribution < -0.4 is 5.32 Å². The molecule has 0 bridgehead atoms. The van der Waals surface area contributed by atoms with Gasteiger partial charge in [0.1, 0.15) is 0 Å². The Labute approximate surface area is 97.8 Å². The van der Waals surface area contributed by atoms with Crippen molar-refractivity contribution in [2.45, 2.75) is 26.0 Å². The molecule has 1 aromatic rings. The first-order valence-corrected chi connectivity index (χ1v) is 6.33. The smallest absolute Gasteiger partial charge is 0.0701 e. The van der Waals surface area contributed by atoms with Crippen LogP contribution >= 0.6 is 27.3 Å². The maximum Gasteiger partial charge on any atom is 0.0701 e. The summed E-state index contributed by atoms with van der Waals surface area (Å²) in [6.07, 6.45) is 0.285. The van der Waals surface area contributed by atoms with Crippen molar-refractivity contribution in [1.82, 2.24) is 5.32 Å². The zero-order valence-corrected chi connectivity index (χ0v) is 11.1. The van der Waals surface area contributed by atoms with Gasteiger partial charge in [0.05, 0.1) is 22.5 Å². The molecule has 0 saturated carbocycles. The van der Waals surface area contributed by atoms with Gasteiger partial charge in [-0.25, -0.2) is 0 Å². The average molecular weight is 278 g/mol. The molecule has 0 aliphatic carbocycles. The zero-order chi connectivity index (χ0) is 10.6. The Bertz CT molecular complexity index is 275. The number of hydrogen-bond acceptors (Lipinski definition) is 3. The predicted molar refractivity (Wildman–Crippen MR) is 64.9 cm³/mol. The molecular formula is C10H16BrNOS. The molecule has 14 heavy (non-hydrogen) atoms. The third kappa shape index (κ3) is 3.69. The van der Waals surface area contributed by atoms with Crippen molar-refractivity contribution in [2.75, 3.05) is 13.7 Å². The summed E-state index contributed by atoms with van der Waals surface area (Å²) in [5, 5.41) is 5.40. The lowest BCUT2D eigenvalue weighted by atomic mass is 10.2. The van der Waals surface area contributed by atoms with Gasteiger partial charge in [-0.05, 0) is 53.8 Å². The Morgan fingerprint density at radius 3 is 2.71 bits per heavy atom. The van der Waals surface area contributed by atoms with E-state index in [4.69, 9.17) is 4.74 Å². The topological polar surface area (TPSA) is 21.3 Å². The van der Waals surface area contributed by atoms with Crippen molar-refractivity contribution in [2.24, 2.45) is 0 Å². The molecule has 0 aliphatic heterocycles. The van der Waals surface area contributed by atoms with Crippen LogP contribution in [0, 0.1) is 0 Å². The van der Waals surface area contributed by atoms with Crippen LogP contribution in [0.1, 0.15) is 25.5 Å². The van der Waals surface area contributed by atoms with Gasteiger partial charge in [-0.1, -0.05) is 0 Å². The Hall–Kier alpha value is 0.100. The second-order valence-electron chi connectivity index (χ2n) is 3.41. The van der Waals surface area contributed by atoms with Crippen LogP contribution in [0.25, 0.3) is 0 Å². The van der Waals surface area contributed by atoms with Gasteiger partial charge in [-0.3, -0.25) is 0 Å². The molecular weight excluding hydrogens is 262 g/mol. The monoisotopic (exact) mass is 277 g/mol. The molecule has 1 N–H and O–H groups in total. The first-order valence-electron chi connectivity index (χ1n) is 4.66. The maximum absolute atomic E-state index is 5.59. The van der Waals surface area contributed by atoms with Gasteiger partial charge < -0.3 is 10.1 Å². The van der Waals surface area contributed by atoms with E-state index in [9.17, 15) is 0 Å². The lowest BCUT2D eigenvalue weighted by Crippen LogP contribution is -2.22. The van der Waals surface area contributed by atoms with Gasteiger partial charge in [0.25, 0.3) is 0 Å². The summed E-state index contributed by atoms with van der Waals surface area (Å²) in [5.41, 5.74) is 1.28. The summed E-state index contributed by atoms with van der Waals surface area (Å²) in [7, 11) is 1.96. The molecule has 1 aromatic heterocycles. The molecule has 0 amide bonds. The second kappa shape index (κ2) is 5.85. The van der Waals surface area contributed by atoms with E-state index < -0.39 is 0 Å². The maximum atomic E-state index is 5.59. The summed E-state index contributed by atoms with van der Waals surface area (Å²) in [6, 6.07) is 2.43. The highest BCUT2D eigenvalue weighted by Gasteiger charge is 2.11. The molecule has 1 atom stereocenters. The normalized spacial score (nSPS) is 13.5. The fourth-order valence-electron chi connectivity index (χ4n) is 1.14. The van der Waals surface area contributed by atoms with E-state index in [1.807, 2.05) is 7.05 Å². The number of nitrogens with one attached hydrogen (secondary N) is 1. The van der Waals surface area contributed by atoms with Crippen molar-refractivity contribution >= 4 is 27.3 Å². The molecule has 0 saturated heterocycles. The molecule has 0 aromatic carbocycles. The van der Waals surface area contributed by atoms with Crippen molar-refractivity contribution in [3.8, 4) is 0 Å². The van der Waals surface area contributed by atoms with Crippen LogP contribution in [0.15, 0.2) is 15.2 Å². The largest absolute Gasteiger partial charge is 0.377 e. The third-order valence-corrected chi connectivity index (χ3v) is 3.46. The zero-order valence-electron chi connectivity index (χ0n) is 8.71. The van der Waals surface area contributed by atoms with Crippen LogP contribution in [-0.2, 0) is 4.74 Å². The van der Waals surface area contributed by atoms with Crippen LogP contribution in [0.4, 0.5) is 0 Å². The minimum atomic E-state index is 0.285. The summed E-state index contributed by atoms with van der Waals surface area (Å²) in [4.78, 5) is 0. The van der Waals surface area contributed by atoms with Crippen molar-refractivity contribution < 1.29 is 4.74 Å². The SMILES string of the molecule is CNC(COC(C)C)c1csc(Br)c1. The highest BCUT2D eigenvalue weighted by Crippen LogP contribution is 2.25. The molecule has 0 fully saturated rings. The summed E-state index contributed by atoms with van der Waals surface area (Å²) in [6.45, 7) is 4.82. The van der Waals surface area contributed by atoms with Crippen LogP contribution in [0.5, 0.6) is 0 Å². The van der Waals surface area contributed by atoms with E-state index in [1.54, 1.807) is 11.3 Å². The van der Waals surface area contributed by atoms with E-state index in [0.29, 0.717) is 6.04 Å². The first-order chi connectivity index (χ1) is 6.63. The van der Waals surface area contributed by atoms with E-state index >= 15 is 0 Å². The Morgan fingerprint density at radius 1 is 1.57 bits per heavy atom. The van der Waals surface area contributed by atoms with Crippen LogP contribution in [0.2, 0.25) is 0 Å². The fourth-order valence-corrected chi connectivity index (χ4v) is 2.37. The molecule has 4 heteroatoms. The minimum Gasteiger partial charge on any atom is -0.377 e. The van der Waals surface area contributed by atoms with Gasteiger partial charge in [0.2, 0.25) is 0 Å². The van der Waals surface area contributed by atoms with Gasteiger partial charge in [-0.2, -0.15) is 0 Å². The van der Waals surface area contributed by atoms with Crippen LogP contribution in [-0.4, -0.2) is 19.8 Å². The number of hydrogen-bond donors (Lipinski definition) is 1. The van der Waals surface area contributed by atoms with E-state index in [-0.39, 0.29) is 6.10 Å². The van der Waals surface area contributed by atoms with Crippen LogP contribution in [0.3, 0.4) is 0 Å². The molecule has 0 aliphatic rings. The first kappa shape index (κ1) is 12.2. The number of likely N-dealkylation sites (N-methyl/N-ethyl adjacent to an activating group) is 1. The summed E-state index contributed by atoms with van der Waals surface area (Å²) in [5.74, 6) is 0. The number of halogens is 1. The summed E-state index contributed by atoms with van der Waals surface area (Å²) < 4.78 is 6.75. The molecule has 2 nitrogen and oxygen atoms in total. The number of thiophene rings is 1. The quantitative estimate of drug-likeness (QED) is 0.893. The number of ether oxygens (including phenoxy) is 1. The molecule has 0 radical (unpaired) electrons. The number of rotatable bonds is 5. The summed E-state index contributed by atoms with van der Waals surface area (Å²) >= 11 is 5.16.